The first-order valence-electron chi connectivity index (χ1n) is 8.17. The molecule has 1 atom stereocenters. The van der Waals surface area contributed by atoms with Crippen molar-refractivity contribution in [2.75, 3.05) is 13.2 Å². The zero-order valence-electron chi connectivity index (χ0n) is 12.7. The summed E-state index contributed by atoms with van der Waals surface area (Å²) in [6.45, 7) is 3.40. The van der Waals surface area contributed by atoms with Gasteiger partial charge in [-0.1, -0.05) is 6.07 Å². The van der Waals surface area contributed by atoms with Gasteiger partial charge in [0.25, 0.3) is 0 Å². The van der Waals surface area contributed by atoms with Crippen LogP contribution in [0.25, 0.3) is 0 Å². The second-order valence-electron chi connectivity index (χ2n) is 6.27. The first-order chi connectivity index (χ1) is 10.9. The fraction of sp³-hybridized carbons (Fsp3) is 0.529. The molecule has 2 aromatic heterocycles. The van der Waals surface area contributed by atoms with Crippen LogP contribution in [0.2, 0.25) is 0 Å². The van der Waals surface area contributed by atoms with Crippen molar-refractivity contribution in [2.24, 2.45) is 5.92 Å². The van der Waals surface area contributed by atoms with E-state index >= 15 is 0 Å². The molecule has 5 heteroatoms. The number of pyridine rings is 1. The molecule has 0 bridgehead atoms. The maximum Gasteiger partial charge on any atom is 0.114 e. The molecule has 1 aliphatic carbocycles. The molecular weight excluding hydrogens is 276 g/mol. The highest BCUT2D eigenvalue weighted by Gasteiger charge is 2.27. The van der Waals surface area contributed by atoms with Gasteiger partial charge < -0.3 is 10.1 Å². The molecule has 0 amide bonds. The lowest BCUT2D eigenvalue weighted by molar-refractivity contribution is 0.0392. The second-order valence-corrected chi connectivity index (χ2v) is 6.27. The third-order valence-corrected chi connectivity index (χ3v) is 4.37. The minimum atomic E-state index is 0.0629. The van der Waals surface area contributed by atoms with Gasteiger partial charge in [0.2, 0.25) is 0 Å². The monoisotopic (exact) mass is 298 g/mol. The molecule has 4 rings (SSSR count). The summed E-state index contributed by atoms with van der Waals surface area (Å²) in [4.78, 5) is 4.33. The van der Waals surface area contributed by atoms with Crippen molar-refractivity contribution in [2.45, 2.75) is 38.5 Å². The fourth-order valence-corrected chi connectivity index (χ4v) is 2.98. The van der Waals surface area contributed by atoms with Crippen molar-refractivity contribution in [1.82, 2.24) is 20.1 Å². The Bertz CT molecular complexity index is 621. The van der Waals surface area contributed by atoms with E-state index in [2.05, 4.69) is 21.2 Å². The Hall–Kier alpha value is -1.72. The molecule has 2 aromatic rings. The molecule has 1 fully saturated rings. The summed E-state index contributed by atoms with van der Waals surface area (Å²) < 4.78 is 8.05. The van der Waals surface area contributed by atoms with E-state index in [0.717, 1.165) is 50.0 Å². The lowest BCUT2D eigenvalue weighted by Crippen LogP contribution is -2.27. The number of nitrogens with zero attached hydrogens (tertiary/aromatic N) is 3. The highest BCUT2D eigenvalue weighted by molar-refractivity contribution is 5.22. The van der Waals surface area contributed by atoms with Gasteiger partial charge in [-0.05, 0) is 42.9 Å². The number of ether oxygens (including phenoxy) is 1. The Morgan fingerprint density at radius 1 is 1.32 bits per heavy atom. The summed E-state index contributed by atoms with van der Waals surface area (Å²) in [5.74, 6) is 0.850. The minimum Gasteiger partial charge on any atom is -0.370 e. The van der Waals surface area contributed by atoms with Gasteiger partial charge in [-0.2, -0.15) is 5.10 Å². The normalized spacial score (nSPS) is 20.8. The van der Waals surface area contributed by atoms with Crippen LogP contribution in [0.5, 0.6) is 0 Å². The van der Waals surface area contributed by atoms with Crippen LogP contribution < -0.4 is 5.32 Å². The Balaban J connectivity index is 1.37. The largest absolute Gasteiger partial charge is 0.370 e. The van der Waals surface area contributed by atoms with Crippen LogP contribution in [0.4, 0.5) is 0 Å². The Kier molecular flexibility index (Phi) is 3.91. The average molecular weight is 298 g/mol. The molecule has 0 radical (unpaired) electrons. The number of aromatic nitrogens is 3. The summed E-state index contributed by atoms with van der Waals surface area (Å²) in [7, 11) is 0. The smallest absolute Gasteiger partial charge is 0.114 e. The van der Waals surface area contributed by atoms with Gasteiger partial charge in [0.1, 0.15) is 6.10 Å². The molecule has 0 saturated heterocycles. The second kappa shape index (κ2) is 6.18. The fourth-order valence-electron chi connectivity index (χ4n) is 2.98. The van der Waals surface area contributed by atoms with Crippen molar-refractivity contribution in [3.8, 4) is 0 Å². The lowest BCUT2D eigenvalue weighted by atomic mass is 10.1. The number of fused-ring (bicyclic) bond motifs is 1. The maximum atomic E-state index is 5.92. The molecule has 22 heavy (non-hydrogen) atoms. The first-order valence-corrected chi connectivity index (χ1v) is 8.17. The highest BCUT2D eigenvalue weighted by Crippen LogP contribution is 2.32. The Morgan fingerprint density at radius 3 is 3.09 bits per heavy atom. The number of nitrogens with one attached hydrogen (secondary N) is 1. The summed E-state index contributed by atoms with van der Waals surface area (Å²) in [6, 6.07) is 5.98. The van der Waals surface area contributed by atoms with Crippen LogP contribution in [0.3, 0.4) is 0 Å². The topological polar surface area (TPSA) is 52.0 Å². The molecular formula is C17H22N4O. The third kappa shape index (κ3) is 3.20. The van der Waals surface area contributed by atoms with Gasteiger partial charge >= 0.3 is 0 Å². The van der Waals surface area contributed by atoms with Crippen molar-refractivity contribution >= 4 is 0 Å². The van der Waals surface area contributed by atoms with E-state index in [9.17, 15) is 0 Å². The molecule has 1 aliphatic heterocycles. The molecule has 1 saturated carbocycles. The van der Waals surface area contributed by atoms with Crippen LogP contribution in [-0.4, -0.2) is 27.9 Å². The molecule has 0 spiro atoms. The minimum absolute atomic E-state index is 0.0629. The number of hydrogen-bond donors (Lipinski definition) is 1. The molecule has 3 heterocycles. The SMILES string of the molecule is c1ccc(CNC[C@@H]2OCCc3cn(CC4CC4)nc32)nc1. The molecule has 5 nitrogen and oxygen atoms in total. The van der Waals surface area contributed by atoms with E-state index in [-0.39, 0.29) is 6.10 Å². The van der Waals surface area contributed by atoms with Crippen molar-refractivity contribution in [1.29, 1.82) is 0 Å². The van der Waals surface area contributed by atoms with E-state index in [4.69, 9.17) is 9.84 Å². The zero-order chi connectivity index (χ0) is 14.8. The van der Waals surface area contributed by atoms with Crippen LogP contribution in [0.15, 0.2) is 30.6 Å². The van der Waals surface area contributed by atoms with Crippen molar-refractivity contribution in [3.05, 3.63) is 47.5 Å². The van der Waals surface area contributed by atoms with Crippen LogP contribution in [0, 0.1) is 5.92 Å². The molecule has 0 aromatic carbocycles. The number of rotatable bonds is 6. The molecule has 116 valence electrons. The quantitative estimate of drug-likeness (QED) is 0.887. The molecule has 1 N–H and O–H groups in total. The van der Waals surface area contributed by atoms with Gasteiger partial charge in [0.15, 0.2) is 0 Å². The van der Waals surface area contributed by atoms with Gasteiger partial charge in [-0.3, -0.25) is 9.67 Å². The highest BCUT2D eigenvalue weighted by atomic mass is 16.5. The predicted molar refractivity (Wildman–Crippen MR) is 83.3 cm³/mol. The van der Waals surface area contributed by atoms with E-state index in [1.165, 1.54) is 18.4 Å². The van der Waals surface area contributed by atoms with E-state index in [0.29, 0.717) is 0 Å². The Labute approximate surface area is 130 Å². The number of hydrogen-bond acceptors (Lipinski definition) is 4. The van der Waals surface area contributed by atoms with Crippen LogP contribution >= 0.6 is 0 Å². The van der Waals surface area contributed by atoms with E-state index in [1.54, 1.807) is 0 Å². The zero-order valence-corrected chi connectivity index (χ0v) is 12.7. The lowest BCUT2D eigenvalue weighted by Gasteiger charge is -2.22. The summed E-state index contributed by atoms with van der Waals surface area (Å²) in [6.07, 6.45) is 7.81. The van der Waals surface area contributed by atoms with Crippen LogP contribution in [-0.2, 0) is 24.2 Å². The molecule has 2 aliphatic rings. The van der Waals surface area contributed by atoms with Gasteiger partial charge in [0.05, 0.1) is 18.0 Å². The van der Waals surface area contributed by atoms with Gasteiger partial charge in [-0.15, -0.1) is 0 Å². The summed E-state index contributed by atoms with van der Waals surface area (Å²) >= 11 is 0. The predicted octanol–water partition coefficient (Wildman–Crippen LogP) is 2.09. The van der Waals surface area contributed by atoms with Crippen LogP contribution in [0.1, 0.15) is 35.9 Å². The van der Waals surface area contributed by atoms with Gasteiger partial charge in [-0.25, -0.2) is 0 Å². The summed E-state index contributed by atoms with van der Waals surface area (Å²) in [5.41, 5.74) is 3.54. The Morgan fingerprint density at radius 2 is 2.27 bits per heavy atom. The van der Waals surface area contributed by atoms with E-state index < -0.39 is 0 Å². The average Bonchev–Trinajstić information content (AvgIpc) is 3.25. The standard InChI is InChI=1S/C17H22N4O/c1-2-7-19-15(3-1)9-18-10-16-17-14(6-8-22-16)12-21(20-17)11-13-4-5-13/h1-3,7,12-13,16,18H,4-6,8-11H2/t16-/m0/s1. The first kappa shape index (κ1) is 13.9. The maximum absolute atomic E-state index is 5.92. The van der Waals surface area contributed by atoms with Gasteiger partial charge in [0, 0.05) is 32.0 Å². The third-order valence-electron chi connectivity index (χ3n) is 4.37. The van der Waals surface area contributed by atoms with E-state index in [1.807, 2.05) is 24.4 Å². The van der Waals surface area contributed by atoms with Crippen molar-refractivity contribution in [3.63, 3.8) is 0 Å². The molecule has 0 unspecified atom stereocenters. The summed E-state index contributed by atoms with van der Waals surface area (Å²) in [5, 5.41) is 8.21. The van der Waals surface area contributed by atoms with Crippen molar-refractivity contribution < 1.29 is 4.74 Å².